The van der Waals surface area contributed by atoms with E-state index in [1.807, 2.05) is 6.92 Å². The van der Waals surface area contributed by atoms with Crippen molar-refractivity contribution in [2.75, 3.05) is 18.7 Å². The molecule has 0 aliphatic heterocycles. The van der Waals surface area contributed by atoms with Crippen molar-refractivity contribution in [3.8, 4) is 5.75 Å². The van der Waals surface area contributed by atoms with E-state index in [1.54, 1.807) is 24.3 Å². The van der Waals surface area contributed by atoms with Gasteiger partial charge in [-0.3, -0.25) is 0 Å². The van der Waals surface area contributed by atoms with Crippen LogP contribution in [0.5, 0.6) is 5.75 Å². The summed E-state index contributed by atoms with van der Waals surface area (Å²) in [5.41, 5.74) is 1.13. The van der Waals surface area contributed by atoms with E-state index in [9.17, 15) is 12.8 Å². The quantitative estimate of drug-likeness (QED) is 0.916. The van der Waals surface area contributed by atoms with Crippen LogP contribution in [0.15, 0.2) is 47.4 Å². The van der Waals surface area contributed by atoms with Crippen molar-refractivity contribution in [1.29, 1.82) is 0 Å². The third kappa shape index (κ3) is 3.57. The first kappa shape index (κ1) is 16.3. The molecule has 0 aromatic heterocycles. The number of nitrogens with one attached hydrogen (secondary N) is 1. The Morgan fingerprint density at radius 3 is 2.32 bits per heavy atom. The van der Waals surface area contributed by atoms with Gasteiger partial charge in [0.1, 0.15) is 11.6 Å². The average molecular weight is 323 g/mol. The lowest BCUT2D eigenvalue weighted by atomic mass is 10.1. The third-order valence-corrected chi connectivity index (χ3v) is 4.46. The van der Waals surface area contributed by atoms with E-state index in [0.29, 0.717) is 17.0 Å². The van der Waals surface area contributed by atoms with Gasteiger partial charge < -0.3 is 10.1 Å². The number of sulfone groups is 1. The van der Waals surface area contributed by atoms with E-state index in [1.165, 1.54) is 25.3 Å². The van der Waals surface area contributed by atoms with Gasteiger partial charge in [-0.2, -0.15) is 0 Å². The number of benzene rings is 2. The van der Waals surface area contributed by atoms with Crippen LogP contribution in [-0.2, 0) is 9.84 Å². The van der Waals surface area contributed by atoms with Crippen LogP contribution >= 0.6 is 0 Å². The molecule has 1 atom stereocenters. The maximum atomic E-state index is 14.0. The third-order valence-electron chi connectivity index (χ3n) is 3.33. The number of hydrogen-bond donors (Lipinski definition) is 1. The highest BCUT2D eigenvalue weighted by molar-refractivity contribution is 7.90. The van der Waals surface area contributed by atoms with Gasteiger partial charge in [-0.15, -0.1) is 0 Å². The van der Waals surface area contributed by atoms with Crippen LogP contribution in [0.25, 0.3) is 0 Å². The van der Waals surface area contributed by atoms with Crippen LogP contribution in [0.4, 0.5) is 10.1 Å². The molecule has 1 N–H and O–H groups in total. The smallest absolute Gasteiger partial charge is 0.175 e. The molecule has 0 fully saturated rings. The van der Waals surface area contributed by atoms with Crippen molar-refractivity contribution in [3.63, 3.8) is 0 Å². The van der Waals surface area contributed by atoms with Crippen LogP contribution in [0.1, 0.15) is 18.5 Å². The van der Waals surface area contributed by atoms with Crippen molar-refractivity contribution in [3.05, 3.63) is 53.8 Å². The van der Waals surface area contributed by atoms with Gasteiger partial charge >= 0.3 is 0 Å². The van der Waals surface area contributed by atoms with E-state index < -0.39 is 9.84 Å². The molecule has 0 spiro atoms. The summed E-state index contributed by atoms with van der Waals surface area (Å²) in [5.74, 6) is 0.111. The first-order chi connectivity index (χ1) is 10.3. The van der Waals surface area contributed by atoms with Crippen molar-refractivity contribution in [2.24, 2.45) is 0 Å². The highest BCUT2D eigenvalue weighted by Crippen LogP contribution is 2.30. The summed E-state index contributed by atoms with van der Waals surface area (Å²) >= 11 is 0. The SMILES string of the molecule is COc1cccc(F)c1C(C)Nc1ccc(S(C)(=O)=O)cc1. The maximum absolute atomic E-state index is 14.0. The lowest BCUT2D eigenvalue weighted by Crippen LogP contribution is -2.10. The number of methoxy groups -OCH3 is 1. The maximum Gasteiger partial charge on any atom is 0.175 e. The fourth-order valence-corrected chi connectivity index (χ4v) is 2.87. The van der Waals surface area contributed by atoms with Crippen molar-refractivity contribution >= 4 is 15.5 Å². The molecule has 4 nitrogen and oxygen atoms in total. The number of halogens is 1. The van der Waals surface area contributed by atoms with Gasteiger partial charge in [0.15, 0.2) is 9.84 Å². The molecule has 0 saturated carbocycles. The Bertz CT molecular complexity index is 757. The fourth-order valence-electron chi connectivity index (χ4n) is 2.24. The Kier molecular flexibility index (Phi) is 4.71. The summed E-state index contributed by atoms with van der Waals surface area (Å²) in [6.45, 7) is 1.81. The largest absolute Gasteiger partial charge is 0.496 e. The van der Waals surface area contributed by atoms with Gasteiger partial charge in [-0.05, 0) is 43.3 Å². The van der Waals surface area contributed by atoms with Crippen LogP contribution in [0, 0.1) is 5.82 Å². The zero-order chi connectivity index (χ0) is 16.3. The van der Waals surface area contributed by atoms with Gasteiger partial charge in [0, 0.05) is 11.9 Å². The average Bonchev–Trinajstić information content (AvgIpc) is 2.46. The van der Waals surface area contributed by atoms with Gasteiger partial charge in [0.2, 0.25) is 0 Å². The van der Waals surface area contributed by atoms with Crippen molar-refractivity contribution < 1.29 is 17.5 Å². The zero-order valence-corrected chi connectivity index (χ0v) is 13.4. The van der Waals surface area contributed by atoms with E-state index in [4.69, 9.17) is 4.74 Å². The summed E-state index contributed by atoms with van der Waals surface area (Å²) in [7, 11) is -1.73. The molecule has 0 bridgehead atoms. The first-order valence-corrected chi connectivity index (χ1v) is 8.61. The van der Waals surface area contributed by atoms with Gasteiger partial charge in [-0.25, -0.2) is 12.8 Å². The van der Waals surface area contributed by atoms with Crippen LogP contribution < -0.4 is 10.1 Å². The zero-order valence-electron chi connectivity index (χ0n) is 12.6. The molecule has 0 amide bonds. The normalized spacial score (nSPS) is 12.7. The molecule has 2 aromatic carbocycles. The Labute approximate surface area is 129 Å². The van der Waals surface area contributed by atoms with Gasteiger partial charge in [0.25, 0.3) is 0 Å². The predicted octanol–water partition coefficient (Wildman–Crippen LogP) is 3.41. The molecular formula is C16H18FNO3S. The molecule has 118 valence electrons. The summed E-state index contributed by atoms with van der Waals surface area (Å²) in [6, 6.07) is 10.7. The number of anilines is 1. The Morgan fingerprint density at radius 1 is 1.14 bits per heavy atom. The highest BCUT2D eigenvalue weighted by Gasteiger charge is 2.16. The molecule has 22 heavy (non-hydrogen) atoms. The minimum absolute atomic E-state index is 0.245. The standard InChI is InChI=1S/C16H18FNO3S/c1-11(16-14(17)5-4-6-15(16)21-2)18-12-7-9-13(10-8-12)22(3,19)20/h4-11,18H,1-3H3. The predicted molar refractivity (Wildman–Crippen MR) is 84.5 cm³/mol. The second-order valence-electron chi connectivity index (χ2n) is 5.02. The Balaban J connectivity index is 2.24. The molecule has 1 unspecified atom stereocenters. The highest BCUT2D eigenvalue weighted by atomic mass is 32.2. The summed E-state index contributed by atoms with van der Waals surface area (Å²) in [5, 5.41) is 3.14. The second-order valence-corrected chi connectivity index (χ2v) is 7.03. The lowest BCUT2D eigenvalue weighted by Gasteiger charge is -2.19. The molecule has 6 heteroatoms. The Morgan fingerprint density at radius 2 is 1.77 bits per heavy atom. The van der Waals surface area contributed by atoms with E-state index >= 15 is 0 Å². The fraction of sp³-hybridized carbons (Fsp3) is 0.250. The van der Waals surface area contributed by atoms with Gasteiger partial charge in [-0.1, -0.05) is 6.07 Å². The minimum Gasteiger partial charge on any atom is -0.496 e. The summed E-state index contributed by atoms with van der Waals surface area (Å²) in [4.78, 5) is 0.245. The lowest BCUT2D eigenvalue weighted by molar-refractivity contribution is 0.402. The van der Waals surface area contributed by atoms with Crippen LogP contribution in [0.3, 0.4) is 0 Å². The Hall–Kier alpha value is -2.08. The van der Waals surface area contributed by atoms with Crippen molar-refractivity contribution in [2.45, 2.75) is 17.9 Å². The van der Waals surface area contributed by atoms with Crippen molar-refractivity contribution in [1.82, 2.24) is 0 Å². The molecule has 0 aliphatic carbocycles. The topological polar surface area (TPSA) is 55.4 Å². The molecule has 0 saturated heterocycles. The summed E-state index contributed by atoms with van der Waals surface area (Å²) < 4.78 is 42.1. The number of ether oxygens (including phenoxy) is 1. The molecule has 0 aliphatic rings. The van der Waals surface area contributed by atoms with E-state index in [-0.39, 0.29) is 16.8 Å². The van der Waals surface area contributed by atoms with Gasteiger partial charge in [0.05, 0.1) is 23.6 Å². The minimum atomic E-state index is -3.23. The monoisotopic (exact) mass is 323 g/mol. The van der Waals surface area contributed by atoms with E-state index in [2.05, 4.69) is 5.32 Å². The molecule has 2 aromatic rings. The molecule has 0 heterocycles. The number of rotatable bonds is 5. The van der Waals surface area contributed by atoms with Crippen LogP contribution in [-0.4, -0.2) is 21.8 Å². The molecular weight excluding hydrogens is 305 g/mol. The molecule has 0 radical (unpaired) electrons. The molecule has 2 rings (SSSR count). The van der Waals surface area contributed by atoms with E-state index in [0.717, 1.165) is 6.26 Å². The summed E-state index contributed by atoms with van der Waals surface area (Å²) in [6.07, 6.45) is 1.16. The van der Waals surface area contributed by atoms with Crippen LogP contribution in [0.2, 0.25) is 0 Å². The first-order valence-electron chi connectivity index (χ1n) is 6.72. The number of hydrogen-bond acceptors (Lipinski definition) is 4. The second kappa shape index (κ2) is 6.36.